The highest BCUT2D eigenvalue weighted by Gasteiger charge is 2.13. The standard InChI is InChI=1S/C12H10N8.C6H11NO/c13-11-10-7(3-5-20(10)18-12(14)16-11)8-1-2-9-15-4-6-19(9)17-8;1-7-5-3-2-4-6(7)8/h1-6H,(H4,13,14,16,18);2-5H2,1H3. The van der Waals surface area contributed by atoms with E-state index in [9.17, 15) is 4.79 Å². The summed E-state index contributed by atoms with van der Waals surface area (Å²) < 4.78 is 3.31. The molecule has 10 nitrogen and oxygen atoms in total. The topological polar surface area (TPSA) is 133 Å². The molecule has 4 aromatic rings. The predicted octanol–water partition coefficient (Wildman–Crippen LogP) is 1.23. The van der Waals surface area contributed by atoms with Gasteiger partial charge in [-0.1, -0.05) is 0 Å². The molecule has 4 N–H and O–H groups in total. The molecule has 10 heteroatoms. The maximum absolute atomic E-state index is 10.7. The van der Waals surface area contributed by atoms with Crippen molar-refractivity contribution in [1.82, 2.24) is 34.1 Å². The molecule has 0 radical (unpaired) electrons. The Morgan fingerprint density at radius 1 is 1.04 bits per heavy atom. The molecule has 5 heterocycles. The first kappa shape index (κ1) is 17.7. The quantitative estimate of drug-likeness (QED) is 0.508. The number of imidazole rings is 1. The monoisotopic (exact) mass is 379 g/mol. The van der Waals surface area contributed by atoms with Crippen molar-refractivity contribution in [3.63, 3.8) is 0 Å². The highest BCUT2D eigenvalue weighted by molar-refractivity contribution is 5.86. The van der Waals surface area contributed by atoms with Gasteiger partial charge in [-0.05, 0) is 31.0 Å². The summed E-state index contributed by atoms with van der Waals surface area (Å²) in [4.78, 5) is 20.7. The molecule has 0 aliphatic carbocycles. The van der Waals surface area contributed by atoms with E-state index in [-0.39, 0.29) is 5.95 Å². The molecule has 1 aliphatic heterocycles. The fraction of sp³-hybridized carbons (Fsp3) is 0.278. The molecule has 0 bridgehead atoms. The largest absolute Gasteiger partial charge is 0.382 e. The van der Waals surface area contributed by atoms with Gasteiger partial charge in [-0.25, -0.2) is 14.0 Å². The van der Waals surface area contributed by atoms with Gasteiger partial charge in [-0.2, -0.15) is 10.1 Å². The van der Waals surface area contributed by atoms with E-state index in [1.807, 2.05) is 25.2 Å². The second kappa shape index (κ2) is 7.14. The first-order valence-electron chi connectivity index (χ1n) is 8.98. The number of aromatic nitrogens is 6. The third kappa shape index (κ3) is 3.31. The second-order valence-corrected chi connectivity index (χ2v) is 6.60. The van der Waals surface area contributed by atoms with Gasteiger partial charge in [0.15, 0.2) is 11.5 Å². The van der Waals surface area contributed by atoms with Crippen LogP contribution in [0.15, 0.2) is 36.8 Å². The van der Waals surface area contributed by atoms with Crippen LogP contribution in [0.25, 0.3) is 22.4 Å². The number of hydrogen-bond donors (Lipinski definition) is 2. The number of nitrogens with zero attached hydrogens (tertiary/aromatic N) is 7. The molecule has 144 valence electrons. The number of piperidine rings is 1. The highest BCUT2D eigenvalue weighted by atomic mass is 16.2. The smallest absolute Gasteiger partial charge is 0.240 e. The summed E-state index contributed by atoms with van der Waals surface area (Å²) in [6.07, 6.45) is 8.29. The van der Waals surface area contributed by atoms with Crippen LogP contribution in [0.2, 0.25) is 0 Å². The van der Waals surface area contributed by atoms with E-state index in [4.69, 9.17) is 11.5 Å². The van der Waals surface area contributed by atoms with Gasteiger partial charge in [0.05, 0.1) is 5.69 Å². The number of hydrogen-bond acceptors (Lipinski definition) is 7. The number of nitrogens with two attached hydrogens (primary N) is 2. The minimum absolute atomic E-state index is 0.134. The van der Waals surface area contributed by atoms with Gasteiger partial charge in [0.2, 0.25) is 11.9 Å². The zero-order chi connectivity index (χ0) is 19.7. The Morgan fingerprint density at radius 2 is 1.89 bits per heavy atom. The minimum Gasteiger partial charge on any atom is -0.382 e. The minimum atomic E-state index is 0.134. The van der Waals surface area contributed by atoms with Crippen LogP contribution in [0.1, 0.15) is 19.3 Å². The van der Waals surface area contributed by atoms with Crippen LogP contribution in [-0.2, 0) is 4.79 Å². The average Bonchev–Trinajstić information content (AvgIpc) is 3.30. The summed E-state index contributed by atoms with van der Waals surface area (Å²) in [6.45, 7) is 0.957. The van der Waals surface area contributed by atoms with Crippen molar-refractivity contribution < 1.29 is 4.79 Å². The zero-order valence-corrected chi connectivity index (χ0v) is 15.5. The Balaban J connectivity index is 0.000000203. The Bertz CT molecular complexity index is 1150. The number of anilines is 2. The van der Waals surface area contributed by atoms with Crippen molar-refractivity contribution in [2.45, 2.75) is 19.3 Å². The van der Waals surface area contributed by atoms with Crippen LogP contribution < -0.4 is 11.5 Å². The molecule has 1 aliphatic rings. The van der Waals surface area contributed by atoms with Gasteiger partial charge in [0, 0.05) is 44.2 Å². The summed E-state index contributed by atoms with van der Waals surface area (Å²) in [5, 5.41) is 8.58. The number of rotatable bonds is 1. The third-order valence-electron chi connectivity index (χ3n) is 4.65. The molecule has 5 rings (SSSR count). The van der Waals surface area contributed by atoms with Crippen LogP contribution in [0.5, 0.6) is 0 Å². The number of fused-ring (bicyclic) bond motifs is 2. The molecule has 1 saturated heterocycles. The van der Waals surface area contributed by atoms with Crippen LogP contribution in [0.4, 0.5) is 11.8 Å². The number of likely N-dealkylation sites (tertiary alicyclic amines) is 1. The fourth-order valence-corrected chi connectivity index (χ4v) is 3.18. The SMILES string of the molecule is CN1CCCCC1=O.Nc1nc(N)c2c(-c3ccc4nccn4n3)ccn2n1. The lowest BCUT2D eigenvalue weighted by molar-refractivity contribution is -0.131. The van der Waals surface area contributed by atoms with Gasteiger partial charge in [-0.3, -0.25) is 4.79 Å². The van der Waals surface area contributed by atoms with E-state index in [1.54, 1.807) is 32.5 Å². The average molecular weight is 379 g/mol. The second-order valence-electron chi connectivity index (χ2n) is 6.60. The lowest BCUT2D eigenvalue weighted by Crippen LogP contribution is -2.31. The van der Waals surface area contributed by atoms with Gasteiger partial charge < -0.3 is 16.4 Å². The summed E-state index contributed by atoms with van der Waals surface area (Å²) in [6, 6.07) is 5.65. The fourth-order valence-electron chi connectivity index (χ4n) is 3.18. The van der Waals surface area contributed by atoms with E-state index in [1.165, 1.54) is 6.42 Å². The Labute approximate surface area is 160 Å². The molecular formula is C18H21N9O. The first-order valence-corrected chi connectivity index (χ1v) is 8.98. The summed E-state index contributed by atoms with van der Waals surface area (Å²) in [5.74, 6) is 0.761. The van der Waals surface area contributed by atoms with Crippen molar-refractivity contribution in [3.8, 4) is 11.3 Å². The summed E-state index contributed by atoms with van der Waals surface area (Å²) in [5.41, 5.74) is 14.6. The van der Waals surface area contributed by atoms with E-state index >= 15 is 0 Å². The molecule has 0 atom stereocenters. The lowest BCUT2D eigenvalue weighted by Gasteiger charge is -2.21. The van der Waals surface area contributed by atoms with Gasteiger partial charge in [-0.15, -0.1) is 5.10 Å². The van der Waals surface area contributed by atoms with Crippen molar-refractivity contribution in [1.29, 1.82) is 0 Å². The Kier molecular flexibility index (Phi) is 4.52. The normalized spacial score (nSPS) is 14.3. The molecule has 1 fully saturated rings. The Morgan fingerprint density at radius 3 is 2.64 bits per heavy atom. The van der Waals surface area contributed by atoms with Gasteiger partial charge in [0.25, 0.3) is 0 Å². The van der Waals surface area contributed by atoms with Crippen molar-refractivity contribution in [3.05, 3.63) is 36.8 Å². The molecule has 0 aromatic carbocycles. The van der Waals surface area contributed by atoms with E-state index in [0.29, 0.717) is 17.2 Å². The number of carbonyl (C=O) groups excluding carboxylic acids is 1. The Hall–Kier alpha value is -3.69. The molecule has 4 aromatic heterocycles. The molecule has 0 unspecified atom stereocenters. The summed E-state index contributed by atoms with van der Waals surface area (Å²) in [7, 11) is 1.86. The predicted molar refractivity (Wildman–Crippen MR) is 105 cm³/mol. The molecule has 0 saturated carbocycles. The van der Waals surface area contributed by atoms with E-state index in [0.717, 1.165) is 36.3 Å². The van der Waals surface area contributed by atoms with Crippen molar-refractivity contribution >= 4 is 28.8 Å². The first-order chi connectivity index (χ1) is 13.5. The number of nitrogen functional groups attached to an aromatic ring is 2. The molecule has 1 amide bonds. The zero-order valence-electron chi connectivity index (χ0n) is 15.5. The number of carbonyl (C=O) groups is 1. The maximum atomic E-state index is 10.7. The lowest BCUT2D eigenvalue weighted by atomic mass is 10.1. The molecular weight excluding hydrogens is 358 g/mol. The van der Waals surface area contributed by atoms with Crippen LogP contribution in [0, 0.1) is 0 Å². The maximum Gasteiger partial charge on any atom is 0.240 e. The van der Waals surface area contributed by atoms with E-state index < -0.39 is 0 Å². The van der Waals surface area contributed by atoms with Gasteiger partial charge >= 0.3 is 0 Å². The number of amides is 1. The molecule has 0 spiro atoms. The van der Waals surface area contributed by atoms with Crippen LogP contribution >= 0.6 is 0 Å². The third-order valence-corrected chi connectivity index (χ3v) is 4.65. The van der Waals surface area contributed by atoms with E-state index in [2.05, 4.69) is 20.2 Å². The van der Waals surface area contributed by atoms with Crippen LogP contribution in [-0.4, -0.2) is 53.6 Å². The van der Waals surface area contributed by atoms with Gasteiger partial charge in [0.1, 0.15) is 5.52 Å². The summed E-state index contributed by atoms with van der Waals surface area (Å²) >= 11 is 0. The van der Waals surface area contributed by atoms with Crippen LogP contribution in [0.3, 0.4) is 0 Å². The molecule has 28 heavy (non-hydrogen) atoms. The highest BCUT2D eigenvalue weighted by Crippen LogP contribution is 2.27. The van der Waals surface area contributed by atoms with Crippen molar-refractivity contribution in [2.75, 3.05) is 25.1 Å². The van der Waals surface area contributed by atoms with Crippen molar-refractivity contribution in [2.24, 2.45) is 0 Å².